The molecule has 68 valence electrons. The van der Waals surface area contributed by atoms with E-state index in [9.17, 15) is 14.9 Å². The molecule has 0 aliphatic rings. The van der Waals surface area contributed by atoms with Crippen molar-refractivity contribution in [2.75, 3.05) is 13.1 Å². The fraction of sp³-hybridized carbons (Fsp3) is 0.857. The molecule has 0 heterocycles. The van der Waals surface area contributed by atoms with Crippen LogP contribution in [0.1, 0.15) is 25.7 Å². The topological polar surface area (TPSA) is 72.6 Å². The number of rotatable bonds is 7. The predicted molar refractivity (Wildman–Crippen MR) is 43.3 cm³/mol. The first kappa shape index (κ1) is 10.8. The number of carbonyl (C=O) groups excluding carboxylic acids is 1. The molecule has 0 unspecified atom stereocenters. The first-order chi connectivity index (χ1) is 5.77. The van der Waals surface area contributed by atoms with E-state index in [2.05, 4.69) is 4.99 Å². The van der Waals surface area contributed by atoms with E-state index in [4.69, 9.17) is 0 Å². The Balaban J connectivity index is 3.00. The van der Waals surface area contributed by atoms with E-state index in [1.165, 1.54) is 6.08 Å². The second-order valence-corrected chi connectivity index (χ2v) is 2.44. The molecule has 0 aromatic carbocycles. The minimum Gasteiger partial charge on any atom is -0.265 e. The highest BCUT2D eigenvalue weighted by atomic mass is 16.6. The summed E-state index contributed by atoms with van der Waals surface area (Å²) in [4.78, 5) is 22.5. The quantitative estimate of drug-likeness (QED) is 0.190. The lowest BCUT2D eigenvalue weighted by atomic mass is 10.2. The molecular formula is C7H12N2O3. The van der Waals surface area contributed by atoms with Crippen LogP contribution in [0.4, 0.5) is 0 Å². The average molecular weight is 172 g/mol. The van der Waals surface area contributed by atoms with Crippen LogP contribution in [0.3, 0.4) is 0 Å². The van der Waals surface area contributed by atoms with Crippen molar-refractivity contribution in [1.82, 2.24) is 0 Å². The largest absolute Gasteiger partial charge is 0.265 e. The SMILES string of the molecule is O=C=NCCCCCC[N+](=O)[O-]. The van der Waals surface area contributed by atoms with Crippen LogP contribution < -0.4 is 0 Å². The van der Waals surface area contributed by atoms with Gasteiger partial charge in [0, 0.05) is 11.3 Å². The zero-order valence-electron chi connectivity index (χ0n) is 6.86. The molecule has 0 saturated carbocycles. The molecule has 0 aromatic rings. The first-order valence-electron chi connectivity index (χ1n) is 3.93. The van der Waals surface area contributed by atoms with Crippen molar-refractivity contribution in [3.63, 3.8) is 0 Å². The highest BCUT2D eigenvalue weighted by Gasteiger charge is 1.95. The molecule has 0 amide bonds. The molecular weight excluding hydrogens is 160 g/mol. The Morgan fingerprint density at radius 2 is 1.92 bits per heavy atom. The van der Waals surface area contributed by atoms with Crippen molar-refractivity contribution in [3.8, 4) is 0 Å². The van der Waals surface area contributed by atoms with Crippen molar-refractivity contribution < 1.29 is 9.72 Å². The number of nitro groups is 1. The van der Waals surface area contributed by atoms with Crippen molar-refractivity contribution in [2.45, 2.75) is 25.7 Å². The number of isocyanates is 1. The standard InChI is InChI=1S/C7H12N2O3/c10-7-8-5-3-1-2-4-6-9(11)12/h1-6H2. The van der Waals surface area contributed by atoms with Gasteiger partial charge in [0.15, 0.2) is 0 Å². The summed E-state index contributed by atoms with van der Waals surface area (Å²) >= 11 is 0. The van der Waals surface area contributed by atoms with Crippen LogP contribution in [0.25, 0.3) is 0 Å². The molecule has 0 spiro atoms. The lowest BCUT2D eigenvalue weighted by Crippen LogP contribution is -1.99. The monoisotopic (exact) mass is 172 g/mol. The van der Waals surface area contributed by atoms with Crippen LogP contribution >= 0.6 is 0 Å². The predicted octanol–water partition coefficient (Wildman–Crippen LogP) is 1.16. The zero-order valence-corrected chi connectivity index (χ0v) is 6.86. The Morgan fingerprint density at radius 1 is 1.25 bits per heavy atom. The second-order valence-electron chi connectivity index (χ2n) is 2.44. The van der Waals surface area contributed by atoms with Crippen LogP contribution in [-0.2, 0) is 4.79 Å². The molecule has 0 bridgehead atoms. The van der Waals surface area contributed by atoms with Crippen molar-refractivity contribution in [2.24, 2.45) is 4.99 Å². The molecule has 0 saturated heterocycles. The van der Waals surface area contributed by atoms with Crippen molar-refractivity contribution in [3.05, 3.63) is 10.1 Å². The van der Waals surface area contributed by atoms with E-state index in [1.807, 2.05) is 0 Å². The van der Waals surface area contributed by atoms with E-state index in [0.717, 1.165) is 19.3 Å². The second kappa shape index (κ2) is 7.88. The summed E-state index contributed by atoms with van der Waals surface area (Å²) in [6, 6.07) is 0. The summed E-state index contributed by atoms with van der Waals surface area (Å²) in [5, 5.41) is 9.87. The molecule has 0 fully saturated rings. The van der Waals surface area contributed by atoms with E-state index in [0.29, 0.717) is 13.0 Å². The fourth-order valence-electron chi connectivity index (χ4n) is 0.831. The van der Waals surface area contributed by atoms with E-state index in [-0.39, 0.29) is 11.5 Å². The molecule has 0 aliphatic carbocycles. The molecule has 5 heteroatoms. The maximum absolute atomic E-state index is 9.87. The van der Waals surface area contributed by atoms with Gasteiger partial charge >= 0.3 is 0 Å². The number of nitrogens with zero attached hydrogens (tertiary/aromatic N) is 2. The van der Waals surface area contributed by atoms with Gasteiger partial charge < -0.3 is 0 Å². The lowest BCUT2D eigenvalue weighted by Gasteiger charge is -1.94. The normalized spacial score (nSPS) is 9.00. The molecule has 12 heavy (non-hydrogen) atoms. The summed E-state index contributed by atoms with van der Waals surface area (Å²) in [6.45, 7) is 0.527. The lowest BCUT2D eigenvalue weighted by molar-refractivity contribution is -0.480. The molecule has 0 aliphatic heterocycles. The van der Waals surface area contributed by atoms with Gasteiger partial charge in [-0.2, -0.15) is 0 Å². The van der Waals surface area contributed by atoms with Gasteiger partial charge in [-0.25, -0.2) is 9.79 Å². The van der Waals surface area contributed by atoms with E-state index < -0.39 is 0 Å². The molecule has 0 aromatic heterocycles. The number of aliphatic imine (C=N–C) groups is 1. The Labute approximate surface area is 70.6 Å². The van der Waals surface area contributed by atoms with Crippen molar-refractivity contribution in [1.29, 1.82) is 0 Å². The van der Waals surface area contributed by atoms with Gasteiger partial charge in [-0.05, 0) is 12.8 Å². The average Bonchev–Trinajstić information content (AvgIpc) is 2.02. The third kappa shape index (κ3) is 8.78. The number of unbranched alkanes of at least 4 members (excludes halogenated alkanes) is 3. The molecule has 0 radical (unpaired) electrons. The number of hydrogen-bond acceptors (Lipinski definition) is 4. The van der Waals surface area contributed by atoms with E-state index in [1.54, 1.807) is 0 Å². The van der Waals surface area contributed by atoms with Crippen molar-refractivity contribution >= 4 is 6.08 Å². The maximum Gasteiger partial charge on any atom is 0.234 e. The van der Waals surface area contributed by atoms with Crippen LogP contribution in [0.15, 0.2) is 4.99 Å². The maximum atomic E-state index is 9.87. The molecule has 0 rings (SSSR count). The third-order valence-corrected chi connectivity index (χ3v) is 1.43. The Morgan fingerprint density at radius 3 is 2.50 bits per heavy atom. The molecule has 0 atom stereocenters. The smallest absolute Gasteiger partial charge is 0.234 e. The summed E-state index contributed by atoms with van der Waals surface area (Å²) in [6.07, 6.45) is 4.58. The molecule has 5 nitrogen and oxygen atoms in total. The van der Waals surface area contributed by atoms with E-state index >= 15 is 0 Å². The van der Waals surface area contributed by atoms with Gasteiger partial charge in [0.25, 0.3) is 0 Å². The third-order valence-electron chi connectivity index (χ3n) is 1.43. The van der Waals surface area contributed by atoms with Gasteiger partial charge in [-0.1, -0.05) is 6.42 Å². The highest BCUT2D eigenvalue weighted by Crippen LogP contribution is 1.99. The first-order valence-corrected chi connectivity index (χ1v) is 3.93. The van der Waals surface area contributed by atoms with Crippen LogP contribution in [-0.4, -0.2) is 24.1 Å². The minimum atomic E-state index is -0.316. The van der Waals surface area contributed by atoms with Gasteiger partial charge in [0.1, 0.15) is 0 Å². The van der Waals surface area contributed by atoms with Crippen LogP contribution in [0, 0.1) is 10.1 Å². The summed E-state index contributed by atoms with van der Waals surface area (Å²) in [5.74, 6) is 0. The van der Waals surface area contributed by atoms with Gasteiger partial charge in [0.2, 0.25) is 12.6 Å². The van der Waals surface area contributed by atoms with Gasteiger partial charge in [-0.3, -0.25) is 10.1 Å². The Hall–Kier alpha value is -1.22. The Bertz CT molecular complexity index is 169. The summed E-state index contributed by atoms with van der Waals surface area (Å²) in [7, 11) is 0. The minimum absolute atomic E-state index is 0.0386. The van der Waals surface area contributed by atoms with Gasteiger partial charge in [0.05, 0.1) is 6.54 Å². The van der Waals surface area contributed by atoms with Crippen LogP contribution in [0.5, 0.6) is 0 Å². The fourth-order valence-corrected chi connectivity index (χ4v) is 0.831. The number of hydrogen-bond donors (Lipinski definition) is 0. The van der Waals surface area contributed by atoms with Crippen LogP contribution in [0.2, 0.25) is 0 Å². The van der Waals surface area contributed by atoms with Gasteiger partial charge in [-0.15, -0.1) is 0 Å². The molecule has 0 N–H and O–H groups in total. The highest BCUT2D eigenvalue weighted by molar-refractivity contribution is 5.32. The summed E-state index contributed by atoms with van der Waals surface area (Å²) < 4.78 is 0. The zero-order chi connectivity index (χ0) is 9.23. The Kier molecular flexibility index (Phi) is 7.08. The summed E-state index contributed by atoms with van der Waals surface area (Å²) in [5.41, 5.74) is 0.